The van der Waals surface area contributed by atoms with Crippen molar-refractivity contribution >= 4 is 46.3 Å². The van der Waals surface area contributed by atoms with Crippen LogP contribution in [0, 0.1) is 0 Å². The number of halogens is 1. The van der Waals surface area contributed by atoms with Gasteiger partial charge in [0.1, 0.15) is 10.8 Å². The molecule has 246 valence electrons. The molecule has 2 aromatic carbocycles. The molecule has 1 atom stereocenters. The number of hydrogen-bond donors (Lipinski definition) is 5. The summed E-state index contributed by atoms with van der Waals surface area (Å²) in [5.74, 6) is -0.188. The van der Waals surface area contributed by atoms with Crippen LogP contribution < -0.4 is 20.7 Å². The first-order valence-corrected chi connectivity index (χ1v) is 15.3. The van der Waals surface area contributed by atoms with Crippen LogP contribution in [-0.4, -0.2) is 54.8 Å². The second-order valence-electron chi connectivity index (χ2n) is 13.4. The average Bonchev–Trinajstić information content (AvgIpc) is 3.52. The number of carbonyl (C=O) groups excluding carboxylic acids is 3. The van der Waals surface area contributed by atoms with E-state index in [1.807, 2.05) is 27.7 Å². The summed E-state index contributed by atoms with van der Waals surface area (Å²) in [4.78, 5) is 37.4. The molecule has 5 N–H and O–H groups in total. The predicted molar refractivity (Wildman–Crippen MR) is 177 cm³/mol. The van der Waals surface area contributed by atoms with Gasteiger partial charge in [-0.15, -0.1) is 10.2 Å². The van der Waals surface area contributed by atoms with E-state index in [0.717, 1.165) is 5.69 Å². The number of hydrogen-bond acceptors (Lipinski definition) is 7. The molecule has 0 saturated heterocycles. The van der Waals surface area contributed by atoms with Gasteiger partial charge in [0.15, 0.2) is 18.1 Å². The number of amides is 3. The van der Waals surface area contributed by atoms with Gasteiger partial charge in [0.2, 0.25) is 11.8 Å². The maximum absolute atomic E-state index is 13.2. The van der Waals surface area contributed by atoms with E-state index >= 15 is 0 Å². The highest BCUT2D eigenvalue weighted by atomic mass is 35.5. The third kappa shape index (κ3) is 7.51. The molecule has 46 heavy (non-hydrogen) atoms. The topological polar surface area (TPSA) is 163 Å². The summed E-state index contributed by atoms with van der Waals surface area (Å²) in [5, 5.41) is 31.7. The van der Waals surface area contributed by atoms with Crippen molar-refractivity contribution in [1.29, 1.82) is 0 Å². The number of anilines is 2. The zero-order valence-corrected chi connectivity index (χ0v) is 28.2. The van der Waals surface area contributed by atoms with E-state index in [1.165, 1.54) is 6.92 Å². The van der Waals surface area contributed by atoms with Crippen LogP contribution in [0.3, 0.4) is 0 Å². The Labute approximate surface area is 273 Å². The zero-order valence-electron chi connectivity index (χ0n) is 27.4. The number of ether oxygens (including phenoxy) is 1. The summed E-state index contributed by atoms with van der Waals surface area (Å²) in [6, 6.07) is 13.4. The van der Waals surface area contributed by atoms with Crippen LogP contribution in [-0.2, 0) is 25.2 Å². The molecule has 4 aromatic rings. The number of nitrogens with zero attached hydrogens (tertiary/aromatic N) is 3. The fourth-order valence-electron chi connectivity index (χ4n) is 4.89. The first-order valence-electron chi connectivity index (χ1n) is 14.9. The van der Waals surface area contributed by atoms with Gasteiger partial charge in [-0.1, -0.05) is 70.5 Å². The lowest BCUT2D eigenvalue weighted by Gasteiger charge is -2.40. The minimum absolute atomic E-state index is 0.235. The zero-order chi connectivity index (χ0) is 34.0. The van der Waals surface area contributed by atoms with Gasteiger partial charge in [0.25, 0.3) is 5.91 Å². The van der Waals surface area contributed by atoms with Crippen LogP contribution in [0.1, 0.15) is 85.0 Å². The Bertz CT molecular complexity index is 1750. The van der Waals surface area contributed by atoms with Crippen LogP contribution >= 0.6 is 11.6 Å². The molecular formula is C33H42ClN7O5. The Hall–Kier alpha value is -4.42. The van der Waals surface area contributed by atoms with Crippen LogP contribution in [0.25, 0.3) is 5.65 Å². The van der Waals surface area contributed by atoms with E-state index in [2.05, 4.69) is 52.0 Å². The van der Waals surface area contributed by atoms with Gasteiger partial charge in [-0.05, 0) is 43.7 Å². The molecule has 0 fully saturated rings. The lowest BCUT2D eigenvalue weighted by atomic mass is 9.73. The molecule has 3 amide bonds. The number of fused-ring (bicyclic) bond motifs is 1. The van der Waals surface area contributed by atoms with Gasteiger partial charge in [-0.3, -0.25) is 19.5 Å². The summed E-state index contributed by atoms with van der Waals surface area (Å²) in [5.41, 5.74) is 0.948. The first kappa shape index (κ1) is 34.5. The molecule has 0 saturated carbocycles. The number of aliphatic hydroxyl groups is 1. The first-order chi connectivity index (χ1) is 21.4. The van der Waals surface area contributed by atoms with Gasteiger partial charge in [-0.2, -0.15) is 0 Å². The fourth-order valence-corrected chi connectivity index (χ4v) is 5.34. The molecule has 0 aliphatic heterocycles. The molecule has 0 bridgehead atoms. The summed E-state index contributed by atoms with van der Waals surface area (Å²) in [6.45, 7) is 14.9. The molecule has 1 unspecified atom stereocenters. The normalized spacial score (nSPS) is 12.9. The van der Waals surface area contributed by atoms with Gasteiger partial charge < -0.3 is 25.8 Å². The van der Waals surface area contributed by atoms with E-state index in [0.29, 0.717) is 39.2 Å². The smallest absolute Gasteiger partial charge is 0.258 e. The van der Waals surface area contributed by atoms with Crippen molar-refractivity contribution in [1.82, 2.24) is 25.1 Å². The summed E-state index contributed by atoms with van der Waals surface area (Å²) < 4.78 is 7.60. The Balaban J connectivity index is 1.40. The Morgan fingerprint density at radius 2 is 1.67 bits per heavy atom. The number of nitrogens with one attached hydrogen (secondary N) is 4. The second kappa shape index (κ2) is 13.1. The number of benzene rings is 2. The molecule has 12 nitrogen and oxygen atoms in total. The summed E-state index contributed by atoms with van der Waals surface area (Å²) in [6.07, 6.45) is -1.34. The van der Waals surface area contributed by atoms with Gasteiger partial charge in [0, 0.05) is 29.0 Å². The number of H-pyrrole nitrogens is 1. The highest BCUT2D eigenvalue weighted by molar-refractivity contribution is 6.34. The molecule has 4 rings (SSSR count). The number of aromatic nitrogens is 4. The van der Waals surface area contributed by atoms with Gasteiger partial charge in [-0.25, -0.2) is 4.52 Å². The van der Waals surface area contributed by atoms with Crippen LogP contribution in [0.4, 0.5) is 11.4 Å². The van der Waals surface area contributed by atoms with Crippen LogP contribution in [0.2, 0.25) is 5.02 Å². The molecule has 0 radical (unpaired) electrons. The quantitative estimate of drug-likeness (QED) is 0.147. The summed E-state index contributed by atoms with van der Waals surface area (Å²) >= 11 is 6.63. The fraction of sp³-hybridized carbons (Fsp3) is 0.424. The van der Waals surface area contributed by atoms with Gasteiger partial charge in [0.05, 0.1) is 23.9 Å². The van der Waals surface area contributed by atoms with Crippen molar-refractivity contribution < 1.29 is 24.2 Å². The molecule has 0 aliphatic rings. The highest BCUT2D eigenvalue weighted by Crippen LogP contribution is 2.37. The van der Waals surface area contributed by atoms with Crippen molar-refractivity contribution in [2.75, 3.05) is 17.2 Å². The van der Waals surface area contributed by atoms with Crippen LogP contribution in [0.5, 0.6) is 5.75 Å². The van der Waals surface area contributed by atoms with Crippen molar-refractivity contribution in [2.24, 2.45) is 0 Å². The molecule has 2 heterocycles. The van der Waals surface area contributed by atoms with E-state index < -0.39 is 23.0 Å². The van der Waals surface area contributed by atoms with Crippen LogP contribution in [0.15, 0.2) is 48.5 Å². The lowest BCUT2D eigenvalue weighted by Crippen LogP contribution is -2.57. The SMILES string of the molecule is CC(=O)Nc1cccc(C(O)CC(=O)Nc2ccccc2OCC(=O)NC(C)(C)C(C)(C)c2nnc3c(Cl)c(C(C)(C)C)[nH]n23)c1. The van der Waals surface area contributed by atoms with E-state index in [1.54, 1.807) is 53.0 Å². The molecular weight excluding hydrogens is 610 g/mol. The standard InChI is InChI=1S/C33H42ClN7O5/c1-19(42)35-21-13-11-12-20(16-21)23(43)17-25(44)36-22-14-9-10-15-24(22)46-18-26(45)37-33(7,8)32(5,6)30-39-38-29-27(34)28(31(2,3)4)40-41(29)30/h9-16,23,40,43H,17-18H2,1-8H3,(H,35,42)(H,36,44)(H,37,45). The minimum Gasteiger partial charge on any atom is -0.482 e. The number of aliphatic hydroxyl groups excluding tert-OH is 1. The third-order valence-corrected chi connectivity index (χ3v) is 8.47. The largest absolute Gasteiger partial charge is 0.482 e. The lowest BCUT2D eigenvalue weighted by molar-refractivity contribution is -0.125. The Kier molecular flexibility index (Phi) is 9.83. The monoisotopic (exact) mass is 651 g/mol. The number of aromatic amines is 1. The maximum atomic E-state index is 13.2. The average molecular weight is 652 g/mol. The van der Waals surface area contributed by atoms with Crippen molar-refractivity contribution in [2.45, 2.75) is 84.3 Å². The van der Waals surface area contributed by atoms with Crippen molar-refractivity contribution in [3.8, 4) is 5.75 Å². The highest BCUT2D eigenvalue weighted by Gasteiger charge is 2.44. The molecule has 0 aliphatic carbocycles. The molecule has 0 spiro atoms. The number of rotatable bonds is 11. The number of carbonyl (C=O) groups is 3. The van der Waals surface area contributed by atoms with Gasteiger partial charge >= 0.3 is 0 Å². The minimum atomic E-state index is -1.10. The molecule has 13 heteroatoms. The Morgan fingerprint density at radius 3 is 2.35 bits per heavy atom. The number of para-hydroxylation sites is 2. The van der Waals surface area contributed by atoms with Crippen molar-refractivity contribution in [3.05, 3.63) is 70.6 Å². The maximum Gasteiger partial charge on any atom is 0.258 e. The van der Waals surface area contributed by atoms with Crippen molar-refractivity contribution in [3.63, 3.8) is 0 Å². The van der Waals surface area contributed by atoms with E-state index in [9.17, 15) is 19.5 Å². The van der Waals surface area contributed by atoms with E-state index in [-0.39, 0.29) is 30.3 Å². The second-order valence-corrected chi connectivity index (χ2v) is 13.8. The van der Waals surface area contributed by atoms with E-state index in [4.69, 9.17) is 16.3 Å². The molecule has 2 aromatic heterocycles. The third-order valence-electron chi connectivity index (χ3n) is 8.12. The summed E-state index contributed by atoms with van der Waals surface area (Å²) in [7, 11) is 0. The predicted octanol–water partition coefficient (Wildman–Crippen LogP) is 5.28. The Morgan fingerprint density at radius 1 is 0.978 bits per heavy atom.